The minimum absolute atomic E-state index is 0.0574. The molecule has 17 heavy (non-hydrogen) atoms. The van der Waals surface area contributed by atoms with Crippen LogP contribution in [0.15, 0.2) is 46.0 Å². The monoisotopic (exact) mass is 283 g/mol. The molecule has 0 aliphatic heterocycles. The smallest absolute Gasteiger partial charge is 0.0605 e. The van der Waals surface area contributed by atoms with Gasteiger partial charge in [-0.25, -0.2) is 0 Å². The van der Waals surface area contributed by atoms with Crippen LogP contribution in [0.5, 0.6) is 0 Å². The highest BCUT2D eigenvalue weighted by Gasteiger charge is 2.20. The van der Waals surface area contributed by atoms with Gasteiger partial charge < -0.3 is 5.73 Å². The van der Waals surface area contributed by atoms with Gasteiger partial charge in [0, 0.05) is 11.1 Å². The summed E-state index contributed by atoms with van der Waals surface area (Å²) >= 11 is 9.75. The van der Waals surface area contributed by atoms with Gasteiger partial charge in [0.05, 0.1) is 9.46 Å². The van der Waals surface area contributed by atoms with Crippen LogP contribution in [0, 0.1) is 0 Å². The molecule has 0 fully saturated rings. The molecule has 0 saturated heterocycles. The van der Waals surface area contributed by atoms with E-state index in [-0.39, 0.29) is 11.3 Å². The van der Waals surface area contributed by atoms with E-state index >= 15 is 0 Å². The van der Waals surface area contributed by atoms with E-state index in [1.54, 1.807) is 23.1 Å². The molecular weight excluding hydrogens is 270 g/mol. The van der Waals surface area contributed by atoms with Crippen LogP contribution >= 0.6 is 34.7 Å². The maximum Gasteiger partial charge on any atom is 0.0605 e. The van der Waals surface area contributed by atoms with Crippen LogP contribution in [0.25, 0.3) is 0 Å². The van der Waals surface area contributed by atoms with E-state index in [4.69, 9.17) is 17.3 Å². The molecule has 2 atom stereocenters. The van der Waals surface area contributed by atoms with Crippen LogP contribution in [0.2, 0.25) is 5.02 Å². The van der Waals surface area contributed by atoms with E-state index in [0.717, 1.165) is 10.6 Å². The summed E-state index contributed by atoms with van der Waals surface area (Å²) in [6.45, 7) is 2.02. The molecule has 4 heteroatoms. The Morgan fingerprint density at radius 2 is 2.00 bits per heavy atom. The van der Waals surface area contributed by atoms with Crippen molar-refractivity contribution < 1.29 is 0 Å². The number of nitrogens with two attached hydrogens (primary N) is 1. The number of hydrogen-bond acceptors (Lipinski definition) is 3. The third-order valence-corrected chi connectivity index (χ3v) is 5.32. The van der Waals surface area contributed by atoms with Crippen molar-refractivity contribution in [3.63, 3.8) is 0 Å². The first-order valence-electron chi connectivity index (χ1n) is 5.38. The molecule has 0 aliphatic rings. The Morgan fingerprint density at radius 3 is 2.59 bits per heavy atom. The van der Waals surface area contributed by atoms with Gasteiger partial charge in [0.2, 0.25) is 0 Å². The second-order valence-electron chi connectivity index (χ2n) is 3.85. The topological polar surface area (TPSA) is 26.0 Å². The summed E-state index contributed by atoms with van der Waals surface area (Å²) in [7, 11) is 0. The lowest BCUT2D eigenvalue weighted by Crippen LogP contribution is -2.22. The van der Waals surface area contributed by atoms with Gasteiger partial charge in [0.25, 0.3) is 0 Å². The Bertz CT molecular complexity index is 468. The molecule has 90 valence electrons. The van der Waals surface area contributed by atoms with Gasteiger partial charge in [0.1, 0.15) is 0 Å². The highest BCUT2D eigenvalue weighted by molar-refractivity contribution is 8.01. The van der Waals surface area contributed by atoms with Crippen molar-refractivity contribution in [3.05, 3.63) is 52.4 Å². The molecule has 0 spiro atoms. The Balaban J connectivity index is 2.27. The Hall–Kier alpha value is -0.480. The fourth-order valence-corrected chi connectivity index (χ4v) is 4.04. The van der Waals surface area contributed by atoms with Crippen LogP contribution in [0.4, 0.5) is 0 Å². The lowest BCUT2D eigenvalue weighted by Gasteiger charge is -2.21. The van der Waals surface area contributed by atoms with Crippen molar-refractivity contribution >= 4 is 34.7 Å². The highest BCUT2D eigenvalue weighted by Crippen LogP contribution is 2.41. The molecular formula is C13H14ClNS2. The number of rotatable bonds is 4. The Morgan fingerprint density at radius 1 is 1.24 bits per heavy atom. The van der Waals surface area contributed by atoms with E-state index in [2.05, 4.69) is 23.6 Å². The molecule has 2 N–H and O–H groups in total. The summed E-state index contributed by atoms with van der Waals surface area (Å²) in [4.78, 5) is 0. The summed E-state index contributed by atoms with van der Waals surface area (Å²) in [5.74, 6) is 0. The molecule has 1 nitrogen and oxygen atoms in total. The Kier molecular flexibility index (Phi) is 4.51. The van der Waals surface area contributed by atoms with Crippen molar-refractivity contribution in [2.45, 2.75) is 22.4 Å². The first-order chi connectivity index (χ1) is 8.18. The normalized spacial score (nSPS) is 14.5. The molecule has 0 aliphatic carbocycles. The van der Waals surface area contributed by atoms with Crippen LogP contribution < -0.4 is 5.73 Å². The lowest BCUT2D eigenvalue weighted by molar-refractivity contribution is 0.722. The van der Waals surface area contributed by atoms with Gasteiger partial charge in [-0.3, -0.25) is 0 Å². The molecule has 1 aromatic heterocycles. The predicted molar refractivity (Wildman–Crippen MR) is 78.0 cm³/mol. The summed E-state index contributed by atoms with van der Waals surface area (Å²) in [6, 6.07) is 12.1. The number of thiophene rings is 1. The minimum Gasteiger partial charge on any atom is -0.327 e. The number of hydrogen-bond donors (Lipinski definition) is 1. The molecule has 0 saturated carbocycles. The van der Waals surface area contributed by atoms with Crippen LogP contribution in [-0.4, -0.2) is 6.04 Å². The first-order valence-corrected chi connectivity index (χ1v) is 7.52. The molecule has 2 rings (SSSR count). The predicted octanol–water partition coefficient (Wildman–Crippen LogP) is 4.58. The molecule has 1 heterocycles. The second-order valence-corrected chi connectivity index (χ2v) is 6.65. The lowest BCUT2D eigenvalue weighted by atomic mass is 10.1. The summed E-state index contributed by atoms with van der Waals surface area (Å²) in [6.07, 6.45) is 0. The van der Waals surface area contributed by atoms with E-state index in [0.29, 0.717) is 0 Å². The van der Waals surface area contributed by atoms with Crippen molar-refractivity contribution in [2.24, 2.45) is 5.73 Å². The van der Waals surface area contributed by atoms with E-state index in [1.165, 1.54) is 4.21 Å². The SMILES string of the molecule is CC(N)C(Sc1cccs1)c1ccccc1Cl. The zero-order valence-electron chi connectivity index (χ0n) is 9.47. The molecule has 2 aromatic rings. The van der Waals surface area contributed by atoms with Gasteiger partial charge in [-0.2, -0.15) is 0 Å². The molecule has 0 radical (unpaired) electrons. The van der Waals surface area contributed by atoms with Gasteiger partial charge >= 0.3 is 0 Å². The molecule has 0 amide bonds. The van der Waals surface area contributed by atoms with E-state index in [1.807, 2.05) is 25.1 Å². The number of thioether (sulfide) groups is 1. The van der Waals surface area contributed by atoms with Crippen molar-refractivity contribution in [1.29, 1.82) is 0 Å². The van der Waals surface area contributed by atoms with Crippen molar-refractivity contribution in [1.82, 2.24) is 0 Å². The summed E-state index contributed by atoms with van der Waals surface area (Å²) in [5.41, 5.74) is 7.19. The van der Waals surface area contributed by atoms with E-state index < -0.39 is 0 Å². The van der Waals surface area contributed by atoms with Gasteiger partial charge in [-0.1, -0.05) is 35.9 Å². The number of benzene rings is 1. The zero-order chi connectivity index (χ0) is 12.3. The second kappa shape index (κ2) is 5.91. The van der Waals surface area contributed by atoms with Gasteiger partial charge in [-0.05, 0) is 30.0 Å². The minimum atomic E-state index is 0.0574. The molecule has 1 aromatic carbocycles. The van der Waals surface area contributed by atoms with Crippen LogP contribution in [-0.2, 0) is 0 Å². The zero-order valence-corrected chi connectivity index (χ0v) is 11.9. The largest absolute Gasteiger partial charge is 0.327 e. The fraction of sp³-hybridized carbons (Fsp3) is 0.231. The Labute approximate surface area is 115 Å². The highest BCUT2D eigenvalue weighted by atomic mass is 35.5. The first kappa shape index (κ1) is 13.0. The average Bonchev–Trinajstić information content (AvgIpc) is 2.79. The van der Waals surface area contributed by atoms with Gasteiger partial charge in [0.15, 0.2) is 0 Å². The van der Waals surface area contributed by atoms with Crippen LogP contribution in [0.1, 0.15) is 17.7 Å². The number of halogens is 1. The third-order valence-electron chi connectivity index (χ3n) is 2.43. The summed E-state index contributed by atoms with van der Waals surface area (Å²) in [5, 5.41) is 3.06. The van der Waals surface area contributed by atoms with E-state index in [9.17, 15) is 0 Å². The van der Waals surface area contributed by atoms with Gasteiger partial charge in [-0.15, -0.1) is 23.1 Å². The van der Waals surface area contributed by atoms with Crippen molar-refractivity contribution in [3.8, 4) is 0 Å². The molecule has 0 bridgehead atoms. The van der Waals surface area contributed by atoms with Crippen LogP contribution in [0.3, 0.4) is 0 Å². The molecule has 2 unspecified atom stereocenters. The quantitative estimate of drug-likeness (QED) is 0.831. The summed E-state index contributed by atoms with van der Waals surface area (Å²) < 4.78 is 1.27. The average molecular weight is 284 g/mol. The maximum absolute atomic E-state index is 6.24. The van der Waals surface area contributed by atoms with Crippen molar-refractivity contribution in [2.75, 3.05) is 0 Å². The maximum atomic E-state index is 6.24. The third kappa shape index (κ3) is 3.26. The fourth-order valence-electron chi connectivity index (χ4n) is 1.62. The standard InChI is InChI=1S/C13H14ClNS2/c1-9(15)13(17-12-7-4-8-16-12)10-5-2-3-6-11(10)14/h2-9,13H,15H2,1H3.